The summed E-state index contributed by atoms with van der Waals surface area (Å²) in [6, 6.07) is 0. The number of carbonyl (C=O) groups is 2. The molecule has 1 aliphatic rings. The summed E-state index contributed by atoms with van der Waals surface area (Å²) >= 11 is 0. The molecule has 2 rings (SSSR count). The van der Waals surface area contributed by atoms with E-state index in [4.69, 9.17) is 0 Å². The quantitative estimate of drug-likeness (QED) is 0.615. The Morgan fingerprint density at radius 3 is 2.81 bits per heavy atom. The van der Waals surface area contributed by atoms with E-state index in [0.717, 1.165) is 0 Å². The lowest BCUT2D eigenvalue weighted by Crippen LogP contribution is -2.33. The average Bonchev–Trinajstić information content (AvgIpc) is 2.65. The van der Waals surface area contributed by atoms with Gasteiger partial charge in [0.2, 0.25) is 11.9 Å². The molecule has 84 valence electrons. The molecule has 0 radical (unpaired) electrons. The molecule has 2 amide bonds. The molecule has 8 nitrogen and oxygen atoms in total. The molecule has 3 N–H and O–H groups in total. The largest absolute Gasteiger partial charge is 0.288 e. The van der Waals surface area contributed by atoms with Crippen LogP contribution in [-0.2, 0) is 9.59 Å². The van der Waals surface area contributed by atoms with Gasteiger partial charge in [0.05, 0.1) is 0 Å². The molecule has 1 aromatic rings. The summed E-state index contributed by atoms with van der Waals surface area (Å²) in [6.45, 7) is 1.72. The molecule has 0 aliphatic carbocycles. The van der Waals surface area contributed by atoms with Crippen LogP contribution in [0.4, 0.5) is 5.95 Å². The van der Waals surface area contributed by atoms with E-state index in [9.17, 15) is 9.59 Å². The van der Waals surface area contributed by atoms with E-state index in [1.165, 1.54) is 0 Å². The number of hydrogen-bond donors (Lipinski definition) is 3. The standard InChI is InChI=1S/C8H10N6O2/c1-4-9-8(14-11-4)10-7(16)5-2-3-6(15)13-12-5/h2-3H2,1H3,(H,13,15)(H2,9,10,11,14,16). The molecular formula is C8H10N6O2. The molecule has 0 atom stereocenters. The molecule has 2 heterocycles. The van der Waals surface area contributed by atoms with Gasteiger partial charge in [-0.3, -0.25) is 20.0 Å². The Bertz CT molecular complexity index is 463. The third kappa shape index (κ3) is 2.22. The molecule has 0 fully saturated rings. The van der Waals surface area contributed by atoms with E-state index in [0.29, 0.717) is 12.2 Å². The minimum Gasteiger partial charge on any atom is -0.288 e. The van der Waals surface area contributed by atoms with Crippen molar-refractivity contribution in [3.8, 4) is 0 Å². The molecular weight excluding hydrogens is 212 g/mol. The number of anilines is 1. The summed E-state index contributed by atoms with van der Waals surface area (Å²) in [5, 5.41) is 12.5. The smallest absolute Gasteiger partial charge is 0.274 e. The van der Waals surface area contributed by atoms with Crippen molar-refractivity contribution in [2.75, 3.05) is 5.32 Å². The van der Waals surface area contributed by atoms with Gasteiger partial charge in [0.1, 0.15) is 11.5 Å². The lowest BCUT2D eigenvalue weighted by Gasteiger charge is -2.10. The first-order valence-electron chi connectivity index (χ1n) is 4.71. The second-order valence-electron chi connectivity index (χ2n) is 3.29. The molecule has 0 saturated carbocycles. The van der Waals surface area contributed by atoms with Crippen LogP contribution in [0.15, 0.2) is 5.10 Å². The zero-order valence-electron chi connectivity index (χ0n) is 8.57. The van der Waals surface area contributed by atoms with Crippen LogP contribution in [0.5, 0.6) is 0 Å². The molecule has 0 saturated heterocycles. The number of carbonyl (C=O) groups excluding carboxylic acids is 2. The van der Waals surface area contributed by atoms with Gasteiger partial charge in [0.25, 0.3) is 5.91 Å². The average molecular weight is 222 g/mol. The van der Waals surface area contributed by atoms with Crippen molar-refractivity contribution in [1.82, 2.24) is 20.6 Å². The molecule has 8 heteroatoms. The molecule has 1 aromatic heterocycles. The maximum atomic E-state index is 11.6. The van der Waals surface area contributed by atoms with Crippen LogP contribution in [-0.4, -0.2) is 32.7 Å². The molecule has 1 aliphatic heterocycles. The fourth-order valence-electron chi connectivity index (χ4n) is 1.21. The van der Waals surface area contributed by atoms with Gasteiger partial charge >= 0.3 is 0 Å². The lowest BCUT2D eigenvalue weighted by molar-refractivity contribution is -0.121. The molecule has 0 bridgehead atoms. The fraction of sp³-hybridized carbons (Fsp3) is 0.375. The number of amides is 2. The van der Waals surface area contributed by atoms with Crippen molar-refractivity contribution < 1.29 is 9.59 Å². The van der Waals surface area contributed by atoms with Crippen molar-refractivity contribution >= 4 is 23.5 Å². The molecule has 16 heavy (non-hydrogen) atoms. The van der Waals surface area contributed by atoms with E-state index in [1.54, 1.807) is 6.92 Å². The SMILES string of the molecule is Cc1nc(NC(=O)C2=NNC(=O)CC2)n[nH]1. The van der Waals surface area contributed by atoms with Crippen LogP contribution in [0.2, 0.25) is 0 Å². The maximum Gasteiger partial charge on any atom is 0.274 e. The van der Waals surface area contributed by atoms with Crippen LogP contribution in [0, 0.1) is 6.92 Å². The van der Waals surface area contributed by atoms with Gasteiger partial charge in [-0.15, -0.1) is 5.10 Å². The van der Waals surface area contributed by atoms with Crippen LogP contribution < -0.4 is 10.7 Å². The van der Waals surface area contributed by atoms with Crippen molar-refractivity contribution in [3.05, 3.63) is 5.82 Å². The summed E-state index contributed by atoms with van der Waals surface area (Å²) in [5.74, 6) is 0.209. The third-order valence-electron chi connectivity index (χ3n) is 1.99. The molecule has 0 unspecified atom stereocenters. The predicted molar refractivity (Wildman–Crippen MR) is 54.6 cm³/mol. The Labute approximate surface area is 90.5 Å². The van der Waals surface area contributed by atoms with Gasteiger partial charge in [-0.2, -0.15) is 10.1 Å². The van der Waals surface area contributed by atoms with Gasteiger partial charge in [0.15, 0.2) is 0 Å². The fourth-order valence-corrected chi connectivity index (χ4v) is 1.21. The summed E-state index contributed by atoms with van der Waals surface area (Å²) < 4.78 is 0. The normalized spacial score (nSPS) is 15.3. The number of hydrogen-bond acceptors (Lipinski definition) is 5. The van der Waals surface area contributed by atoms with Crippen LogP contribution in [0.3, 0.4) is 0 Å². The monoisotopic (exact) mass is 222 g/mol. The Balaban J connectivity index is 2.01. The summed E-state index contributed by atoms with van der Waals surface area (Å²) in [6.07, 6.45) is 0.584. The Kier molecular flexibility index (Phi) is 2.63. The number of nitrogens with zero attached hydrogens (tertiary/aromatic N) is 3. The maximum absolute atomic E-state index is 11.6. The highest BCUT2D eigenvalue weighted by Gasteiger charge is 2.19. The number of aromatic nitrogens is 3. The number of rotatable bonds is 2. The Hall–Kier alpha value is -2.25. The first kappa shape index (κ1) is 10.3. The van der Waals surface area contributed by atoms with Crippen molar-refractivity contribution in [1.29, 1.82) is 0 Å². The Morgan fingerprint density at radius 1 is 1.44 bits per heavy atom. The summed E-state index contributed by atoms with van der Waals surface area (Å²) in [5.41, 5.74) is 2.51. The van der Waals surface area contributed by atoms with Gasteiger partial charge in [-0.25, -0.2) is 5.43 Å². The van der Waals surface area contributed by atoms with E-state index in [-0.39, 0.29) is 24.0 Å². The van der Waals surface area contributed by atoms with Crippen molar-refractivity contribution in [3.63, 3.8) is 0 Å². The minimum atomic E-state index is -0.404. The summed E-state index contributed by atoms with van der Waals surface area (Å²) in [7, 11) is 0. The van der Waals surface area contributed by atoms with Gasteiger partial charge in [-0.1, -0.05) is 0 Å². The first-order valence-corrected chi connectivity index (χ1v) is 4.71. The number of nitrogens with one attached hydrogen (secondary N) is 3. The topological polar surface area (TPSA) is 112 Å². The minimum absolute atomic E-state index is 0.190. The zero-order valence-corrected chi connectivity index (χ0v) is 8.57. The summed E-state index contributed by atoms with van der Waals surface area (Å²) in [4.78, 5) is 26.3. The number of aromatic amines is 1. The van der Waals surface area contributed by atoms with Crippen LogP contribution in [0.25, 0.3) is 0 Å². The molecule has 0 spiro atoms. The van der Waals surface area contributed by atoms with Crippen molar-refractivity contribution in [2.45, 2.75) is 19.8 Å². The number of H-pyrrole nitrogens is 1. The first-order chi connectivity index (χ1) is 7.65. The van der Waals surface area contributed by atoms with E-state index < -0.39 is 5.91 Å². The van der Waals surface area contributed by atoms with Crippen LogP contribution in [0.1, 0.15) is 18.7 Å². The van der Waals surface area contributed by atoms with Crippen molar-refractivity contribution in [2.24, 2.45) is 5.10 Å². The van der Waals surface area contributed by atoms with E-state index >= 15 is 0 Å². The highest BCUT2D eigenvalue weighted by molar-refractivity contribution is 6.43. The molecule has 0 aromatic carbocycles. The lowest BCUT2D eigenvalue weighted by atomic mass is 10.2. The van der Waals surface area contributed by atoms with Crippen LogP contribution >= 0.6 is 0 Å². The highest BCUT2D eigenvalue weighted by atomic mass is 16.2. The number of hydrazone groups is 1. The van der Waals surface area contributed by atoms with Gasteiger partial charge in [0, 0.05) is 12.8 Å². The second kappa shape index (κ2) is 4.09. The van der Waals surface area contributed by atoms with E-state index in [2.05, 4.69) is 31.0 Å². The van der Waals surface area contributed by atoms with Gasteiger partial charge < -0.3 is 0 Å². The number of aryl methyl sites for hydroxylation is 1. The predicted octanol–water partition coefficient (Wildman–Crippen LogP) is -0.682. The zero-order chi connectivity index (χ0) is 11.5. The second-order valence-corrected chi connectivity index (χ2v) is 3.29. The highest BCUT2D eigenvalue weighted by Crippen LogP contribution is 2.03. The van der Waals surface area contributed by atoms with Gasteiger partial charge in [-0.05, 0) is 6.92 Å². The Morgan fingerprint density at radius 2 is 2.25 bits per heavy atom. The van der Waals surface area contributed by atoms with E-state index in [1.807, 2.05) is 0 Å². The third-order valence-corrected chi connectivity index (χ3v) is 1.99.